The van der Waals surface area contributed by atoms with E-state index >= 15 is 0 Å². The third kappa shape index (κ3) is 18.4. The Hall–Kier alpha value is -1.89. The lowest BCUT2D eigenvalue weighted by Gasteiger charge is -2.43. The van der Waals surface area contributed by atoms with Crippen molar-refractivity contribution < 1.29 is 34.2 Å². The summed E-state index contributed by atoms with van der Waals surface area (Å²) in [5.74, 6) is -5.29. The van der Waals surface area contributed by atoms with Gasteiger partial charge in [-0.05, 0) is 46.0 Å². The third-order valence-corrected chi connectivity index (χ3v) is 7.62. The number of hydrogen-bond donors (Lipinski definition) is 2. The van der Waals surface area contributed by atoms with Gasteiger partial charge in [0.15, 0.2) is 0 Å². The molecule has 0 saturated heterocycles. The summed E-state index contributed by atoms with van der Waals surface area (Å²) in [6.45, 7) is 8.15. The maximum Gasteiger partial charge on any atom is 0.311 e. The molecule has 0 aliphatic rings. The molecule has 0 rings (SSSR count). The van der Waals surface area contributed by atoms with Crippen molar-refractivity contribution in [2.75, 3.05) is 26.2 Å². The Morgan fingerprint density at radius 1 is 0.632 bits per heavy atom. The second-order valence-electron chi connectivity index (χ2n) is 11.6. The van der Waals surface area contributed by atoms with Gasteiger partial charge in [0, 0.05) is 11.9 Å². The fourth-order valence-corrected chi connectivity index (χ4v) is 5.34. The largest absolute Gasteiger partial charge is 0.550 e. The van der Waals surface area contributed by atoms with Crippen LogP contribution in [-0.4, -0.2) is 58.8 Å². The number of quaternary nitrogens is 1. The number of carboxylic acid groups (broad SMARTS) is 3. The number of hydrogen-bond acceptors (Lipinski definition) is 4. The monoisotopic (exact) mass is 539 g/mol. The normalized spacial score (nSPS) is 15.7. The second-order valence-corrected chi connectivity index (χ2v) is 11.6. The van der Waals surface area contributed by atoms with Crippen LogP contribution in [0.2, 0.25) is 0 Å². The molecule has 0 aromatic rings. The molecule has 7 nitrogen and oxygen atoms in total. The number of carbonyl (C=O) groups is 3. The molecular weight excluding hydrogens is 482 g/mol. The average molecular weight is 540 g/mol. The van der Waals surface area contributed by atoms with Crippen LogP contribution >= 0.6 is 0 Å². The lowest BCUT2D eigenvalue weighted by atomic mass is 10.0. The molecule has 0 aromatic heterocycles. The summed E-state index contributed by atoms with van der Waals surface area (Å²) in [4.78, 5) is 34.7. The van der Waals surface area contributed by atoms with E-state index in [1.807, 2.05) is 0 Å². The second kappa shape index (κ2) is 22.0. The molecule has 7 heteroatoms. The molecule has 222 valence electrons. The summed E-state index contributed by atoms with van der Waals surface area (Å²) in [6, 6.07) is 0. The first-order valence-electron chi connectivity index (χ1n) is 15.2. The summed E-state index contributed by atoms with van der Waals surface area (Å²) in [5.41, 5.74) is 0. The number of carboxylic acids is 3. The van der Waals surface area contributed by atoms with Crippen LogP contribution in [0.25, 0.3) is 0 Å². The molecule has 0 aromatic carbocycles. The standard InChI is InChI=1S/C31H57NO6/c1-5-6-7-8-9-10-11-12-13-14-15-16-17-18-19-20-21-22-32(23-26(2)29(33)34,24-27(3)30(35)36)25-28(4)31(37)38/h17-18,26-28H,5-16,19-25H2,1-4H3,(H2-,33,34,35,36,37,38)/b18-17+. The Morgan fingerprint density at radius 3 is 1.39 bits per heavy atom. The SMILES string of the molecule is CCCCCCCCCCCCC/C=C/CCCC[N+](CC(C)C(=O)[O-])(CC(C)C(=O)O)CC(C)C(=O)O. The Bertz CT molecular complexity index is 622. The van der Waals surface area contributed by atoms with Crippen LogP contribution in [0.4, 0.5) is 0 Å². The molecule has 0 aliphatic heterocycles. The van der Waals surface area contributed by atoms with Crippen molar-refractivity contribution in [1.82, 2.24) is 0 Å². The Kier molecular flexibility index (Phi) is 20.9. The molecule has 0 spiro atoms. The van der Waals surface area contributed by atoms with E-state index in [9.17, 15) is 29.7 Å². The molecule has 0 amide bonds. The summed E-state index contributed by atoms with van der Waals surface area (Å²) >= 11 is 0. The van der Waals surface area contributed by atoms with Crippen molar-refractivity contribution in [2.24, 2.45) is 17.8 Å². The molecule has 3 atom stereocenters. The molecular formula is C31H57NO6. The van der Waals surface area contributed by atoms with Crippen molar-refractivity contribution in [2.45, 2.75) is 124 Å². The average Bonchev–Trinajstić information content (AvgIpc) is 2.85. The van der Waals surface area contributed by atoms with Crippen LogP contribution in [0.15, 0.2) is 12.2 Å². The Morgan fingerprint density at radius 2 is 1.00 bits per heavy atom. The van der Waals surface area contributed by atoms with Crippen LogP contribution in [0.1, 0.15) is 124 Å². The van der Waals surface area contributed by atoms with Gasteiger partial charge in [-0.3, -0.25) is 9.59 Å². The highest BCUT2D eigenvalue weighted by atomic mass is 16.4. The first kappa shape index (κ1) is 36.1. The first-order chi connectivity index (χ1) is 18.0. The van der Waals surface area contributed by atoms with Crippen LogP contribution in [0, 0.1) is 17.8 Å². The van der Waals surface area contributed by atoms with E-state index in [-0.39, 0.29) is 24.1 Å². The highest BCUT2D eigenvalue weighted by Gasteiger charge is 2.36. The van der Waals surface area contributed by atoms with Gasteiger partial charge in [-0.1, -0.05) is 90.2 Å². The van der Waals surface area contributed by atoms with E-state index in [4.69, 9.17) is 0 Å². The minimum atomic E-state index is -1.19. The van der Waals surface area contributed by atoms with E-state index in [0.717, 1.165) is 25.7 Å². The first-order valence-corrected chi connectivity index (χ1v) is 15.2. The molecule has 2 N–H and O–H groups in total. The Labute approximate surface area is 232 Å². The van der Waals surface area contributed by atoms with Crippen molar-refractivity contribution in [3.05, 3.63) is 12.2 Å². The number of aliphatic carboxylic acids is 3. The van der Waals surface area contributed by atoms with Gasteiger partial charge in [0.05, 0.1) is 26.2 Å². The predicted octanol–water partition coefficient (Wildman–Crippen LogP) is 6.06. The summed E-state index contributed by atoms with van der Waals surface area (Å²) in [7, 11) is 0. The minimum Gasteiger partial charge on any atom is -0.550 e. The molecule has 0 saturated carbocycles. The molecule has 38 heavy (non-hydrogen) atoms. The van der Waals surface area contributed by atoms with Crippen molar-refractivity contribution >= 4 is 17.9 Å². The zero-order valence-corrected chi connectivity index (χ0v) is 24.8. The number of rotatable bonds is 26. The van der Waals surface area contributed by atoms with Crippen LogP contribution in [0.3, 0.4) is 0 Å². The maximum atomic E-state index is 11.6. The number of nitrogens with zero attached hydrogens (tertiary/aromatic N) is 1. The van der Waals surface area contributed by atoms with E-state index in [2.05, 4.69) is 19.1 Å². The topological polar surface area (TPSA) is 115 Å². The van der Waals surface area contributed by atoms with Crippen LogP contribution < -0.4 is 5.11 Å². The predicted molar refractivity (Wildman–Crippen MR) is 152 cm³/mol. The molecule has 3 unspecified atom stereocenters. The fourth-order valence-electron chi connectivity index (χ4n) is 5.34. The minimum absolute atomic E-state index is 0.165. The van der Waals surface area contributed by atoms with E-state index in [1.165, 1.54) is 70.6 Å². The lowest BCUT2D eigenvalue weighted by molar-refractivity contribution is -0.934. The number of carbonyl (C=O) groups excluding carboxylic acids is 1. The summed E-state index contributed by atoms with van der Waals surface area (Å²) < 4.78 is 0.165. The van der Waals surface area contributed by atoms with Gasteiger partial charge in [0.1, 0.15) is 11.8 Å². The van der Waals surface area contributed by atoms with E-state index in [1.54, 1.807) is 20.8 Å². The van der Waals surface area contributed by atoms with Gasteiger partial charge in [0.2, 0.25) is 0 Å². The lowest BCUT2D eigenvalue weighted by Crippen LogP contribution is -2.58. The van der Waals surface area contributed by atoms with E-state index < -0.39 is 35.7 Å². The van der Waals surface area contributed by atoms with Crippen molar-refractivity contribution in [3.63, 3.8) is 0 Å². The zero-order valence-electron chi connectivity index (χ0n) is 24.8. The quantitative estimate of drug-likeness (QED) is 0.0784. The molecule has 0 radical (unpaired) electrons. The van der Waals surface area contributed by atoms with Gasteiger partial charge < -0.3 is 24.6 Å². The van der Waals surface area contributed by atoms with E-state index in [0.29, 0.717) is 6.54 Å². The van der Waals surface area contributed by atoms with Crippen LogP contribution in [-0.2, 0) is 14.4 Å². The molecule has 0 heterocycles. The van der Waals surface area contributed by atoms with Gasteiger partial charge in [-0.25, -0.2) is 0 Å². The van der Waals surface area contributed by atoms with Crippen molar-refractivity contribution in [3.8, 4) is 0 Å². The summed E-state index contributed by atoms with van der Waals surface area (Å²) in [5, 5.41) is 30.5. The Balaban J connectivity index is 4.50. The number of allylic oxidation sites excluding steroid dienone is 2. The highest BCUT2D eigenvalue weighted by Crippen LogP contribution is 2.21. The molecule has 0 fully saturated rings. The summed E-state index contributed by atoms with van der Waals surface area (Å²) in [6.07, 6.45) is 22.9. The van der Waals surface area contributed by atoms with Crippen LogP contribution in [0.5, 0.6) is 0 Å². The van der Waals surface area contributed by atoms with Gasteiger partial charge in [0.25, 0.3) is 0 Å². The zero-order chi connectivity index (χ0) is 28.8. The van der Waals surface area contributed by atoms with Gasteiger partial charge in [-0.15, -0.1) is 0 Å². The third-order valence-electron chi connectivity index (χ3n) is 7.62. The molecule has 0 bridgehead atoms. The fraction of sp³-hybridized carbons (Fsp3) is 0.839. The molecule has 0 aliphatic carbocycles. The van der Waals surface area contributed by atoms with Gasteiger partial charge in [-0.2, -0.15) is 0 Å². The van der Waals surface area contributed by atoms with Crippen molar-refractivity contribution in [1.29, 1.82) is 0 Å². The van der Waals surface area contributed by atoms with Gasteiger partial charge >= 0.3 is 11.9 Å². The maximum absolute atomic E-state index is 11.6. The smallest absolute Gasteiger partial charge is 0.311 e. The highest BCUT2D eigenvalue weighted by molar-refractivity contribution is 5.70. The number of unbranched alkanes of at least 4 members (excludes halogenated alkanes) is 13.